The third-order valence-electron chi connectivity index (χ3n) is 3.68. The van der Waals surface area contributed by atoms with E-state index in [2.05, 4.69) is 27.0 Å². The molecule has 7 nitrogen and oxygen atoms in total. The average Bonchev–Trinajstić information content (AvgIpc) is 2.84. The van der Waals surface area contributed by atoms with Crippen LogP contribution in [0.3, 0.4) is 0 Å². The Hall–Kier alpha value is -1.99. The number of carboxylic acids is 1. The summed E-state index contributed by atoms with van der Waals surface area (Å²) in [7, 11) is 2.11. The number of carbonyl (C=O) groups is 1. The molecular formula is C13H17N5O2. The molecule has 3 rings (SSSR count). The first-order valence-electron chi connectivity index (χ1n) is 6.61. The van der Waals surface area contributed by atoms with Crippen LogP contribution < -0.4 is 0 Å². The maximum absolute atomic E-state index is 11.0. The van der Waals surface area contributed by atoms with Gasteiger partial charge < -0.3 is 10.0 Å². The van der Waals surface area contributed by atoms with Crippen molar-refractivity contribution in [2.75, 3.05) is 33.2 Å². The SMILES string of the molecule is CN1CCN(Cc2nnc3ccc(C(=O)O)cn23)CC1. The maximum atomic E-state index is 11.0. The zero-order chi connectivity index (χ0) is 14.1. The highest BCUT2D eigenvalue weighted by Gasteiger charge is 2.17. The van der Waals surface area contributed by atoms with Gasteiger partial charge in [-0.25, -0.2) is 4.79 Å². The van der Waals surface area contributed by atoms with Crippen LogP contribution in [-0.2, 0) is 6.54 Å². The average molecular weight is 275 g/mol. The highest BCUT2D eigenvalue weighted by atomic mass is 16.4. The molecule has 7 heteroatoms. The van der Waals surface area contributed by atoms with Gasteiger partial charge in [-0.2, -0.15) is 0 Å². The molecule has 2 aromatic heterocycles. The van der Waals surface area contributed by atoms with Crippen LogP contribution >= 0.6 is 0 Å². The van der Waals surface area contributed by atoms with Crippen molar-refractivity contribution in [3.05, 3.63) is 29.7 Å². The Kier molecular flexibility index (Phi) is 3.37. The summed E-state index contributed by atoms with van der Waals surface area (Å²) in [6.45, 7) is 4.75. The van der Waals surface area contributed by atoms with Crippen LogP contribution in [-0.4, -0.2) is 68.7 Å². The first kappa shape index (κ1) is 13.0. The van der Waals surface area contributed by atoms with Gasteiger partial charge in [0.25, 0.3) is 0 Å². The second-order valence-electron chi connectivity index (χ2n) is 5.15. The summed E-state index contributed by atoms with van der Waals surface area (Å²) in [6, 6.07) is 3.23. The number of aromatic carboxylic acids is 1. The van der Waals surface area contributed by atoms with Crippen LogP contribution in [0.25, 0.3) is 5.65 Å². The molecule has 1 N–H and O–H groups in total. The molecule has 1 saturated heterocycles. The van der Waals surface area contributed by atoms with E-state index in [1.165, 1.54) is 0 Å². The molecule has 0 unspecified atom stereocenters. The Balaban J connectivity index is 1.84. The Morgan fingerprint density at radius 1 is 1.25 bits per heavy atom. The standard InChI is InChI=1S/C13H17N5O2/c1-16-4-6-17(7-5-16)9-12-15-14-11-3-2-10(13(19)20)8-18(11)12/h2-3,8H,4-7,9H2,1H3,(H,19,20). The molecule has 1 fully saturated rings. The smallest absolute Gasteiger partial charge is 0.337 e. The Bertz CT molecular complexity index is 631. The molecule has 1 aliphatic heterocycles. The van der Waals surface area contributed by atoms with E-state index >= 15 is 0 Å². The Morgan fingerprint density at radius 2 is 2.00 bits per heavy atom. The molecule has 2 aromatic rings. The molecule has 0 aromatic carbocycles. The molecule has 0 bridgehead atoms. The van der Waals surface area contributed by atoms with Gasteiger partial charge in [-0.15, -0.1) is 10.2 Å². The molecule has 0 spiro atoms. The van der Waals surface area contributed by atoms with Crippen molar-refractivity contribution < 1.29 is 9.90 Å². The summed E-state index contributed by atoms with van der Waals surface area (Å²) in [5, 5.41) is 17.3. The minimum absolute atomic E-state index is 0.247. The van der Waals surface area contributed by atoms with Crippen molar-refractivity contribution in [2.45, 2.75) is 6.54 Å². The van der Waals surface area contributed by atoms with Gasteiger partial charge in [0, 0.05) is 32.4 Å². The van der Waals surface area contributed by atoms with E-state index in [0.717, 1.165) is 32.0 Å². The minimum Gasteiger partial charge on any atom is -0.478 e. The summed E-state index contributed by atoms with van der Waals surface area (Å²) in [5.41, 5.74) is 0.927. The molecule has 3 heterocycles. The van der Waals surface area contributed by atoms with Crippen LogP contribution in [0, 0.1) is 0 Å². The molecule has 0 aliphatic carbocycles. The van der Waals surface area contributed by atoms with E-state index < -0.39 is 5.97 Å². The molecule has 0 saturated carbocycles. The number of pyridine rings is 1. The lowest BCUT2D eigenvalue weighted by molar-refractivity contribution is 0.0696. The lowest BCUT2D eigenvalue weighted by Gasteiger charge is -2.31. The van der Waals surface area contributed by atoms with Crippen LogP contribution in [0.4, 0.5) is 0 Å². The number of fused-ring (bicyclic) bond motifs is 1. The summed E-state index contributed by atoms with van der Waals surface area (Å²) in [6.07, 6.45) is 1.59. The number of likely N-dealkylation sites (N-methyl/N-ethyl adjacent to an activating group) is 1. The fraction of sp³-hybridized carbons (Fsp3) is 0.462. The fourth-order valence-corrected chi connectivity index (χ4v) is 2.38. The summed E-state index contributed by atoms with van der Waals surface area (Å²) in [5.74, 6) is -0.154. The van der Waals surface area contributed by atoms with Crippen molar-refractivity contribution in [3.8, 4) is 0 Å². The highest BCUT2D eigenvalue weighted by molar-refractivity contribution is 5.87. The molecule has 0 atom stereocenters. The number of rotatable bonds is 3. The van der Waals surface area contributed by atoms with E-state index in [1.807, 2.05) is 0 Å². The minimum atomic E-state index is -0.939. The van der Waals surface area contributed by atoms with Gasteiger partial charge in [-0.1, -0.05) is 0 Å². The van der Waals surface area contributed by atoms with E-state index in [9.17, 15) is 4.79 Å². The quantitative estimate of drug-likeness (QED) is 0.861. The summed E-state index contributed by atoms with van der Waals surface area (Å²) >= 11 is 0. The van der Waals surface area contributed by atoms with E-state index in [4.69, 9.17) is 5.11 Å². The first-order valence-corrected chi connectivity index (χ1v) is 6.61. The third kappa shape index (κ3) is 2.50. The second kappa shape index (κ2) is 5.18. The fourth-order valence-electron chi connectivity index (χ4n) is 2.38. The van der Waals surface area contributed by atoms with Crippen molar-refractivity contribution in [3.63, 3.8) is 0 Å². The van der Waals surface area contributed by atoms with Crippen LogP contribution in [0.5, 0.6) is 0 Å². The van der Waals surface area contributed by atoms with E-state index in [0.29, 0.717) is 12.2 Å². The third-order valence-corrected chi connectivity index (χ3v) is 3.68. The number of aromatic nitrogens is 3. The zero-order valence-electron chi connectivity index (χ0n) is 11.4. The van der Waals surface area contributed by atoms with Crippen LogP contribution in [0.1, 0.15) is 16.2 Å². The van der Waals surface area contributed by atoms with Gasteiger partial charge in [-0.3, -0.25) is 9.30 Å². The number of nitrogens with zero attached hydrogens (tertiary/aromatic N) is 5. The summed E-state index contributed by atoms with van der Waals surface area (Å²) < 4.78 is 1.77. The second-order valence-corrected chi connectivity index (χ2v) is 5.15. The molecule has 1 aliphatic rings. The lowest BCUT2D eigenvalue weighted by Crippen LogP contribution is -2.44. The largest absolute Gasteiger partial charge is 0.478 e. The topological polar surface area (TPSA) is 74.0 Å². The molecule has 0 amide bonds. The molecule has 106 valence electrons. The number of hydrogen-bond acceptors (Lipinski definition) is 5. The monoisotopic (exact) mass is 275 g/mol. The molecular weight excluding hydrogens is 258 g/mol. The Labute approximate surface area is 116 Å². The van der Waals surface area contributed by atoms with Crippen molar-refractivity contribution >= 4 is 11.6 Å². The van der Waals surface area contributed by atoms with Crippen molar-refractivity contribution in [2.24, 2.45) is 0 Å². The molecule has 20 heavy (non-hydrogen) atoms. The predicted octanol–water partition coefficient (Wildman–Crippen LogP) is 0.175. The first-order chi connectivity index (χ1) is 9.63. The predicted molar refractivity (Wildman–Crippen MR) is 72.7 cm³/mol. The van der Waals surface area contributed by atoms with Gasteiger partial charge >= 0.3 is 5.97 Å². The van der Waals surface area contributed by atoms with E-state index in [-0.39, 0.29) is 5.56 Å². The van der Waals surface area contributed by atoms with Gasteiger partial charge in [0.15, 0.2) is 11.5 Å². The van der Waals surface area contributed by atoms with Gasteiger partial charge in [0.2, 0.25) is 0 Å². The van der Waals surface area contributed by atoms with Gasteiger partial charge in [0.1, 0.15) is 0 Å². The Morgan fingerprint density at radius 3 is 2.70 bits per heavy atom. The lowest BCUT2D eigenvalue weighted by atomic mass is 10.3. The highest BCUT2D eigenvalue weighted by Crippen LogP contribution is 2.10. The van der Waals surface area contributed by atoms with Crippen molar-refractivity contribution in [1.82, 2.24) is 24.4 Å². The number of hydrogen-bond donors (Lipinski definition) is 1. The zero-order valence-corrected chi connectivity index (χ0v) is 11.4. The normalized spacial score (nSPS) is 17.6. The van der Waals surface area contributed by atoms with Crippen molar-refractivity contribution in [1.29, 1.82) is 0 Å². The van der Waals surface area contributed by atoms with Crippen LogP contribution in [0.2, 0.25) is 0 Å². The van der Waals surface area contributed by atoms with Gasteiger partial charge in [-0.05, 0) is 19.2 Å². The number of piperazine rings is 1. The number of carboxylic acid groups (broad SMARTS) is 1. The van der Waals surface area contributed by atoms with E-state index in [1.54, 1.807) is 22.7 Å². The maximum Gasteiger partial charge on any atom is 0.337 e. The van der Waals surface area contributed by atoms with Crippen LogP contribution in [0.15, 0.2) is 18.3 Å². The molecule has 0 radical (unpaired) electrons. The summed E-state index contributed by atoms with van der Waals surface area (Å²) in [4.78, 5) is 15.6. The van der Waals surface area contributed by atoms with Gasteiger partial charge in [0.05, 0.1) is 12.1 Å².